The van der Waals surface area contributed by atoms with E-state index in [1.54, 1.807) is 29.7 Å². The van der Waals surface area contributed by atoms with Crippen molar-refractivity contribution < 1.29 is 14.7 Å². The topological polar surface area (TPSA) is 71.7 Å². The molecule has 0 aliphatic rings. The number of thiazole rings is 1. The highest BCUT2D eigenvalue weighted by Gasteiger charge is 2.19. The Morgan fingerprint density at radius 3 is 2.62 bits per heavy atom. The highest BCUT2D eigenvalue weighted by atomic mass is 32.1. The first-order valence-electron chi connectivity index (χ1n) is 7.46. The van der Waals surface area contributed by atoms with Gasteiger partial charge in [0.2, 0.25) is 0 Å². The van der Waals surface area contributed by atoms with Gasteiger partial charge in [-0.15, -0.1) is 0 Å². The van der Waals surface area contributed by atoms with Crippen LogP contribution in [0.1, 0.15) is 28.9 Å². The predicted octanol–water partition coefficient (Wildman–Crippen LogP) is 3.40. The first-order valence-corrected chi connectivity index (χ1v) is 8.27. The van der Waals surface area contributed by atoms with E-state index in [0.29, 0.717) is 10.4 Å². The number of fused-ring (bicyclic) bond motifs is 1. The molecule has 0 saturated heterocycles. The molecule has 0 aliphatic heterocycles. The molecule has 0 radical (unpaired) electrons. The van der Waals surface area contributed by atoms with E-state index in [4.69, 9.17) is 0 Å². The summed E-state index contributed by atoms with van der Waals surface area (Å²) in [5, 5.41) is 9.38. The molecule has 1 unspecified atom stereocenters. The van der Waals surface area contributed by atoms with Crippen molar-refractivity contribution in [2.24, 2.45) is 4.99 Å². The summed E-state index contributed by atoms with van der Waals surface area (Å²) < 4.78 is 2.48. The van der Waals surface area contributed by atoms with Gasteiger partial charge in [0.05, 0.1) is 10.2 Å². The zero-order valence-corrected chi connectivity index (χ0v) is 14.1. The fourth-order valence-electron chi connectivity index (χ4n) is 2.48. The number of amides is 1. The van der Waals surface area contributed by atoms with E-state index >= 15 is 0 Å². The number of hydrogen-bond acceptors (Lipinski definition) is 3. The molecule has 3 aromatic rings. The average Bonchev–Trinajstić information content (AvgIpc) is 2.91. The monoisotopic (exact) mass is 340 g/mol. The van der Waals surface area contributed by atoms with Crippen molar-refractivity contribution in [2.45, 2.75) is 19.9 Å². The van der Waals surface area contributed by atoms with Crippen LogP contribution in [0.15, 0.2) is 53.5 Å². The van der Waals surface area contributed by atoms with E-state index < -0.39 is 12.0 Å². The Morgan fingerprint density at radius 2 is 1.92 bits per heavy atom. The van der Waals surface area contributed by atoms with Gasteiger partial charge in [0.25, 0.3) is 5.91 Å². The summed E-state index contributed by atoms with van der Waals surface area (Å²) in [6, 6.07) is 13.8. The predicted molar refractivity (Wildman–Crippen MR) is 93.2 cm³/mol. The van der Waals surface area contributed by atoms with Crippen LogP contribution in [0.5, 0.6) is 0 Å². The lowest BCUT2D eigenvalue weighted by Gasteiger charge is -2.09. The summed E-state index contributed by atoms with van der Waals surface area (Å²) >= 11 is 1.31. The van der Waals surface area contributed by atoms with Gasteiger partial charge in [0.1, 0.15) is 6.04 Å². The van der Waals surface area contributed by atoms with E-state index in [1.807, 2.05) is 37.3 Å². The summed E-state index contributed by atoms with van der Waals surface area (Å²) in [4.78, 5) is 28.5. The van der Waals surface area contributed by atoms with Crippen LogP contribution in [-0.2, 0) is 4.79 Å². The minimum atomic E-state index is -0.969. The Kier molecular flexibility index (Phi) is 4.31. The number of carbonyl (C=O) groups excluding carboxylic acids is 1. The molecule has 2 aromatic carbocycles. The van der Waals surface area contributed by atoms with E-state index in [2.05, 4.69) is 4.99 Å². The van der Waals surface area contributed by atoms with Crippen molar-refractivity contribution in [3.8, 4) is 0 Å². The third kappa shape index (κ3) is 3.00. The molecule has 0 saturated carbocycles. The van der Waals surface area contributed by atoms with Gasteiger partial charge in [0.15, 0.2) is 4.80 Å². The number of hydrogen-bond donors (Lipinski definition) is 1. The van der Waals surface area contributed by atoms with Crippen molar-refractivity contribution in [3.05, 3.63) is 64.5 Å². The highest BCUT2D eigenvalue weighted by molar-refractivity contribution is 7.16. The highest BCUT2D eigenvalue weighted by Crippen LogP contribution is 2.20. The SMILES string of the molecule is Cc1cccc(C(=O)N=c2sc3ccccc3n2C(C)C(=O)O)c1. The molecular formula is C18H16N2O3S. The van der Waals surface area contributed by atoms with Gasteiger partial charge in [-0.2, -0.15) is 4.99 Å². The van der Waals surface area contributed by atoms with Gasteiger partial charge in [-0.25, -0.2) is 4.79 Å². The van der Waals surface area contributed by atoms with Crippen molar-refractivity contribution in [2.75, 3.05) is 0 Å². The van der Waals surface area contributed by atoms with E-state index in [9.17, 15) is 14.7 Å². The van der Waals surface area contributed by atoms with Crippen LogP contribution in [0.4, 0.5) is 0 Å². The van der Waals surface area contributed by atoms with Crippen LogP contribution in [0.2, 0.25) is 0 Å². The van der Waals surface area contributed by atoms with Gasteiger partial charge in [-0.1, -0.05) is 41.2 Å². The molecule has 6 heteroatoms. The summed E-state index contributed by atoms with van der Waals surface area (Å²) in [7, 11) is 0. The van der Waals surface area contributed by atoms with Crippen molar-refractivity contribution in [1.29, 1.82) is 0 Å². The quantitative estimate of drug-likeness (QED) is 0.794. The summed E-state index contributed by atoms with van der Waals surface area (Å²) in [6.45, 7) is 3.49. The number of para-hydroxylation sites is 1. The number of carbonyl (C=O) groups is 2. The second-order valence-electron chi connectivity index (χ2n) is 5.52. The minimum absolute atomic E-state index is 0.378. The number of benzene rings is 2. The Morgan fingerprint density at radius 1 is 1.17 bits per heavy atom. The maximum atomic E-state index is 12.5. The lowest BCUT2D eigenvalue weighted by molar-refractivity contribution is -0.140. The number of carboxylic acid groups (broad SMARTS) is 1. The summed E-state index contributed by atoms with van der Waals surface area (Å²) in [5.41, 5.74) is 2.22. The number of rotatable bonds is 3. The van der Waals surface area contributed by atoms with Gasteiger partial charge in [-0.3, -0.25) is 4.79 Å². The molecule has 1 N–H and O–H groups in total. The largest absolute Gasteiger partial charge is 0.480 e. The lowest BCUT2D eigenvalue weighted by atomic mass is 10.1. The zero-order chi connectivity index (χ0) is 17.3. The third-order valence-corrected chi connectivity index (χ3v) is 4.77. The third-order valence-electron chi connectivity index (χ3n) is 3.74. The minimum Gasteiger partial charge on any atom is -0.480 e. The normalized spacial score (nSPS) is 13.2. The molecule has 1 amide bonds. The molecule has 122 valence electrons. The van der Waals surface area contributed by atoms with Gasteiger partial charge < -0.3 is 9.67 Å². The van der Waals surface area contributed by atoms with Crippen LogP contribution in [0.25, 0.3) is 10.2 Å². The zero-order valence-electron chi connectivity index (χ0n) is 13.3. The van der Waals surface area contributed by atoms with Crippen LogP contribution >= 0.6 is 11.3 Å². The van der Waals surface area contributed by atoms with Crippen molar-refractivity contribution >= 4 is 33.4 Å². The summed E-state index contributed by atoms with van der Waals surface area (Å²) in [6.07, 6.45) is 0. The van der Waals surface area contributed by atoms with E-state index in [-0.39, 0.29) is 5.91 Å². The van der Waals surface area contributed by atoms with Crippen LogP contribution in [-0.4, -0.2) is 21.6 Å². The number of nitrogens with zero attached hydrogens (tertiary/aromatic N) is 2. The van der Waals surface area contributed by atoms with Crippen LogP contribution < -0.4 is 4.80 Å². The molecule has 0 aliphatic carbocycles. The number of aromatic nitrogens is 1. The standard InChI is InChI=1S/C18H16N2O3S/c1-11-6-5-7-13(10-11)16(21)19-18-20(12(2)17(22)23)14-8-3-4-9-15(14)24-18/h3-10,12H,1-2H3,(H,22,23). The van der Waals surface area contributed by atoms with Crippen LogP contribution in [0, 0.1) is 6.92 Å². The number of aryl methyl sites for hydroxylation is 1. The number of aliphatic carboxylic acids is 1. The Bertz CT molecular complexity index is 1000. The molecule has 0 spiro atoms. The maximum Gasteiger partial charge on any atom is 0.326 e. The van der Waals surface area contributed by atoms with E-state index in [1.165, 1.54) is 11.3 Å². The van der Waals surface area contributed by atoms with Crippen molar-refractivity contribution in [1.82, 2.24) is 4.57 Å². The molecule has 5 nitrogen and oxygen atoms in total. The number of carboxylic acids is 1. The first kappa shape index (κ1) is 16.1. The van der Waals surface area contributed by atoms with E-state index in [0.717, 1.165) is 15.8 Å². The molecule has 0 bridgehead atoms. The fourth-order valence-corrected chi connectivity index (χ4v) is 3.58. The molecule has 3 rings (SSSR count). The molecule has 1 aromatic heterocycles. The Balaban J connectivity index is 2.19. The fraction of sp³-hybridized carbons (Fsp3) is 0.167. The maximum absolute atomic E-state index is 12.5. The second-order valence-corrected chi connectivity index (χ2v) is 6.53. The Hall–Kier alpha value is -2.73. The van der Waals surface area contributed by atoms with Gasteiger partial charge in [0, 0.05) is 5.56 Å². The van der Waals surface area contributed by atoms with Crippen molar-refractivity contribution in [3.63, 3.8) is 0 Å². The lowest BCUT2D eigenvalue weighted by Crippen LogP contribution is -2.25. The average molecular weight is 340 g/mol. The van der Waals surface area contributed by atoms with Crippen LogP contribution in [0.3, 0.4) is 0 Å². The molecular weight excluding hydrogens is 324 g/mol. The Labute approximate surface area is 142 Å². The smallest absolute Gasteiger partial charge is 0.326 e. The van der Waals surface area contributed by atoms with Gasteiger partial charge in [-0.05, 0) is 38.1 Å². The molecule has 24 heavy (non-hydrogen) atoms. The molecule has 1 heterocycles. The second kappa shape index (κ2) is 6.41. The first-order chi connectivity index (χ1) is 11.5. The molecule has 1 atom stereocenters. The van der Waals surface area contributed by atoms with Gasteiger partial charge >= 0.3 is 5.97 Å². The molecule has 0 fully saturated rings. The summed E-state index contributed by atoms with van der Waals surface area (Å²) in [5.74, 6) is -1.35.